The molecule has 0 fully saturated rings. The van der Waals surface area contributed by atoms with Gasteiger partial charge in [-0.3, -0.25) is 4.52 Å². The van der Waals surface area contributed by atoms with Crippen molar-refractivity contribution in [1.82, 2.24) is 0 Å². The maximum atomic E-state index is 10.7. The van der Waals surface area contributed by atoms with Crippen molar-refractivity contribution in [3.63, 3.8) is 0 Å². The van der Waals surface area contributed by atoms with Crippen LogP contribution in [-0.2, 0) is 13.8 Å². The minimum Gasteiger partial charge on any atom is -0.378 e. The maximum absolute atomic E-state index is 10.7. The lowest BCUT2D eigenvalue weighted by Crippen LogP contribution is -2.20. The lowest BCUT2D eigenvalue weighted by Gasteiger charge is -2.15. The van der Waals surface area contributed by atoms with Gasteiger partial charge in [0.15, 0.2) is 0 Å². The van der Waals surface area contributed by atoms with Crippen LogP contribution in [0, 0.1) is 0 Å². The Morgan fingerprint density at radius 1 is 0.815 bits per heavy atom. The second-order valence-corrected chi connectivity index (χ2v) is 9.70. The van der Waals surface area contributed by atoms with E-state index in [0.717, 1.165) is 5.75 Å². The molecule has 0 aliphatic carbocycles. The second kappa shape index (κ2) is 19.7. The summed E-state index contributed by atoms with van der Waals surface area (Å²) >= 11 is 1.76. The van der Waals surface area contributed by atoms with Crippen LogP contribution in [0.1, 0.15) is 96.8 Å². The smallest absolute Gasteiger partial charge is 0.378 e. The number of phosphoric acid groups is 1. The molecule has 0 rings (SSSR count). The summed E-state index contributed by atoms with van der Waals surface area (Å²) in [6, 6.07) is 0. The van der Waals surface area contributed by atoms with Crippen LogP contribution in [0.5, 0.6) is 0 Å². The summed E-state index contributed by atoms with van der Waals surface area (Å²) in [7, 11) is -2.86. The number of hydrogen-bond donors (Lipinski definition) is 2. The fraction of sp³-hybridized carbons (Fsp3) is 1.00. The van der Waals surface area contributed by atoms with E-state index in [0.29, 0.717) is 5.75 Å². The van der Waals surface area contributed by atoms with E-state index >= 15 is 0 Å². The molecule has 0 aliphatic heterocycles. The van der Waals surface area contributed by atoms with E-state index in [1.807, 2.05) is 0 Å². The zero-order chi connectivity index (χ0) is 20.2. The molecule has 0 aromatic heterocycles. The van der Waals surface area contributed by atoms with Gasteiger partial charge in [0, 0.05) is 12.9 Å². The molecule has 7 heteroatoms. The molecule has 164 valence electrons. The van der Waals surface area contributed by atoms with Crippen molar-refractivity contribution < 1.29 is 23.6 Å². The number of hydrogen-bond acceptors (Lipinski definition) is 4. The SMILES string of the molecule is CCCCCCCCCCCCCCCCSC[C@@H](COP(=O)(O)O)OC. The van der Waals surface area contributed by atoms with Gasteiger partial charge >= 0.3 is 7.82 Å². The fourth-order valence-electron chi connectivity index (χ4n) is 2.98. The van der Waals surface area contributed by atoms with Gasteiger partial charge in [0.2, 0.25) is 0 Å². The zero-order valence-electron chi connectivity index (χ0n) is 17.6. The Bertz CT molecular complexity index is 351. The third kappa shape index (κ3) is 22.6. The Morgan fingerprint density at radius 2 is 1.26 bits per heavy atom. The van der Waals surface area contributed by atoms with Crippen molar-refractivity contribution in [3.05, 3.63) is 0 Å². The van der Waals surface area contributed by atoms with Crippen molar-refractivity contribution in [3.8, 4) is 0 Å². The zero-order valence-corrected chi connectivity index (χ0v) is 19.3. The van der Waals surface area contributed by atoms with E-state index in [9.17, 15) is 4.57 Å². The molecule has 0 spiro atoms. The number of phosphoric ester groups is 1. The van der Waals surface area contributed by atoms with Gasteiger partial charge in [-0.05, 0) is 12.2 Å². The first-order chi connectivity index (χ1) is 13.0. The molecule has 5 nitrogen and oxygen atoms in total. The van der Waals surface area contributed by atoms with Crippen molar-refractivity contribution in [2.75, 3.05) is 25.2 Å². The van der Waals surface area contributed by atoms with Gasteiger partial charge in [0.25, 0.3) is 0 Å². The summed E-state index contributed by atoms with van der Waals surface area (Å²) in [5.41, 5.74) is 0. The number of unbranched alkanes of at least 4 members (excludes halogenated alkanes) is 13. The molecular formula is C20H43O5PS. The third-order valence-corrected chi connectivity index (χ3v) is 6.38. The average Bonchev–Trinajstić information content (AvgIpc) is 2.63. The van der Waals surface area contributed by atoms with Crippen LogP contribution in [-0.4, -0.2) is 41.1 Å². The summed E-state index contributed by atoms with van der Waals surface area (Å²) in [6.07, 6.45) is 18.8. The lowest BCUT2D eigenvalue weighted by molar-refractivity contribution is 0.0605. The van der Waals surface area contributed by atoms with Gasteiger partial charge in [-0.2, -0.15) is 11.8 Å². The first-order valence-corrected chi connectivity index (χ1v) is 13.5. The summed E-state index contributed by atoms with van der Waals surface area (Å²) in [4.78, 5) is 17.4. The van der Waals surface area contributed by atoms with E-state index in [1.54, 1.807) is 18.9 Å². The Kier molecular flexibility index (Phi) is 20.0. The van der Waals surface area contributed by atoms with Crippen LogP contribution in [0.4, 0.5) is 0 Å². The molecule has 0 saturated heterocycles. The predicted octanol–water partition coefficient (Wildman–Crippen LogP) is 6.33. The first kappa shape index (κ1) is 27.4. The molecule has 1 atom stereocenters. The molecule has 0 aromatic rings. The number of thioether (sulfide) groups is 1. The van der Waals surface area contributed by atoms with Crippen molar-refractivity contribution in [2.24, 2.45) is 0 Å². The van der Waals surface area contributed by atoms with E-state index in [4.69, 9.17) is 14.5 Å². The van der Waals surface area contributed by atoms with Crippen LogP contribution < -0.4 is 0 Å². The van der Waals surface area contributed by atoms with Crippen molar-refractivity contribution >= 4 is 19.6 Å². The first-order valence-electron chi connectivity index (χ1n) is 10.8. The summed E-state index contributed by atoms with van der Waals surface area (Å²) < 4.78 is 20.4. The van der Waals surface area contributed by atoms with Crippen LogP contribution in [0.15, 0.2) is 0 Å². The quantitative estimate of drug-likeness (QED) is 0.165. The normalized spacial score (nSPS) is 13.2. The van der Waals surface area contributed by atoms with Gasteiger partial charge in [-0.1, -0.05) is 90.4 Å². The minimum atomic E-state index is -4.40. The highest BCUT2D eigenvalue weighted by atomic mass is 32.2. The van der Waals surface area contributed by atoms with E-state index in [1.165, 1.54) is 89.9 Å². The van der Waals surface area contributed by atoms with E-state index in [-0.39, 0.29) is 12.7 Å². The Labute approximate surface area is 171 Å². The van der Waals surface area contributed by atoms with Gasteiger partial charge < -0.3 is 14.5 Å². The molecule has 0 aliphatic rings. The number of ether oxygens (including phenoxy) is 1. The highest BCUT2D eigenvalue weighted by Crippen LogP contribution is 2.36. The molecule has 27 heavy (non-hydrogen) atoms. The van der Waals surface area contributed by atoms with Crippen molar-refractivity contribution in [1.29, 1.82) is 0 Å². The largest absolute Gasteiger partial charge is 0.469 e. The van der Waals surface area contributed by atoms with Gasteiger partial charge in [0.1, 0.15) is 0 Å². The molecule has 0 bridgehead atoms. The highest BCUT2D eigenvalue weighted by molar-refractivity contribution is 7.99. The molecule has 2 N–H and O–H groups in total. The van der Waals surface area contributed by atoms with E-state index < -0.39 is 7.82 Å². The summed E-state index contributed by atoms with van der Waals surface area (Å²) in [5.74, 6) is 1.77. The minimum absolute atomic E-state index is 0.0630. The molecule has 0 unspecified atom stereocenters. The standard InChI is InChI=1S/C20H43O5PS/c1-3-4-5-6-7-8-9-10-11-12-13-14-15-16-17-27-19-20(24-2)18-25-26(21,22)23/h20H,3-19H2,1-2H3,(H2,21,22,23)/t20-/m1/s1. The molecule has 0 amide bonds. The lowest BCUT2D eigenvalue weighted by atomic mass is 10.0. The van der Waals surface area contributed by atoms with Gasteiger partial charge in [-0.15, -0.1) is 0 Å². The third-order valence-electron chi connectivity index (χ3n) is 4.71. The van der Waals surface area contributed by atoms with Gasteiger partial charge in [0.05, 0.1) is 12.7 Å². The maximum Gasteiger partial charge on any atom is 0.469 e. The highest BCUT2D eigenvalue weighted by Gasteiger charge is 2.17. The monoisotopic (exact) mass is 426 g/mol. The van der Waals surface area contributed by atoms with Gasteiger partial charge in [-0.25, -0.2) is 4.57 Å². The Morgan fingerprint density at radius 3 is 1.67 bits per heavy atom. The topological polar surface area (TPSA) is 76.0 Å². The molecule has 0 radical (unpaired) electrons. The molecule has 0 aromatic carbocycles. The molecule has 0 saturated carbocycles. The van der Waals surface area contributed by atoms with Crippen LogP contribution in [0.2, 0.25) is 0 Å². The molecular weight excluding hydrogens is 383 g/mol. The number of methoxy groups -OCH3 is 1. The number of rotatable bonds is 21. The van der Waals surface area contributed by atoms with Crippen LogP contribution >= 0.6 is 19.6 Å². The van der Waals surface area contributed by atoms with Crippen molar-refractivity contribution in [2.45, 2.75) is 103 Å². The Hall–Kier alpha value is 0.420. The average molecular weight is 427 g/mol. The second-order valence-electron chi connectivity index (χ2n) is 7.32. The fourth-order valence-corrected chi connectivity index (χ4v) is 4.41. The predicted molar refractivity (Wildman–Crippen MR) is 116 cm³/mol. The molecule has 0 heterocycles. The summed E-state index contributed by atoms with van der Waals surface area (Å²) in [5, 5.41) is 0. The Balaban J connectivity index is 3.25. The summed E-state index contributed by atoms with van der Waals surface area (Å²) in [6.45, 7) is 2.21. The van der Waals surface area contributed by atoms with E-state index in [2.05, 4.69) is 11.4 Å². The van der Waals surface area contributed by atoms with Crippen LogP contribution in [0.25, 0.3) is 0 Å². The van der Waals surface area contributed by atoms with Crippen LogP contribution in [0.3, 0.4) is 0 Å².